The van der Waals surface area contributed by atoms with Crippen molar-refractivity contribution in [3.05, 3.63) is 112 Å². The van der Waals surface area contributed by atoms with E-state index < -0.39 is 17.7 Å². The molecule has 1 aliphatic heterocycles. The van der Waals surface area contributed by atoms with Gasteiger partial charge in [0.05, 0.1) is 18.1 Å². The van der Waals surface area contributed by atoms with Gasteiger partial charge in [-0.05, 0) is 86.2 Å². The molecule has 1 N–H and O–H groups in total. The van der Waals surface area contributed by atoms with Gasteiger partial charge in [-0.25, -0.2) is 9.78 Å². The van der Waals surface area contributed by atoms with Crippen LogP contribution < -0.4 is 5.32 Å². The molecule has 1 fully saturated rings. The second-order valence-electron chi connectivity index (χ2n) is 12.4. The second kappa shape index (κ2) is 12.4. The van der Waals surface area contributed by atoms with Crippen LogP contribution in [-0.2, 0) is 28.9 Å². The van der Waals surface area contributed by atoms with Gasteiger partial charge in [0.2, 0.25) is 5.91 Å². The predicted octanol–water partition coefficient (Wildman–Crippen LogP) is 5.73. The van der Waals surface area contributed by atoms with Crippen molar-refractivity contribution >= 4 is 29.3 Å². The highest BCUT2D eigenvalue weighted by Gasteiger charge is 2.42. The van der Waals surface area contributed by atoms with Crippen molar-refractivity contribution in [3.63, 3.8) is 0 Å². The SMILES string of the molecule is CC(C)(C)OC(=O)N1CCN(C2c3ccc(Cl)cc3CCc3cccnc32)[C@@H](C(=O)Nc2cccc(Cn3ccnc3)c2)C1. The van der Waals surface area contributed by atoms with Crippen LogP contribution in [0.15, 0.2) is 79.5 Å². The lowest BCUT2D eigenvalue weighted by molar-refractivity contribution is -0.124. The molecule has 0 saturated carbocycles. The van der Waals surface area contributed by atoms with Gasteiger partial charge in [0.15, 0.2) is 0 Å². The molecular weight excluding hydrogens is 576 g/mol. The predicted molar refractivity (Wildman–Crippen MR) is 170 cm³/mol. The van der Waals surface area contributed by atoms with Gasteiger partial charge in [-0.3, -0.25) is 14.7 Å². The van der Waals surface area contributed by atoms with E-state index in [-0.39, 0.29) is 18.5 Å². The van der Waals surface area contributed by atoms with Gasteiger partial charge >= 0.3 is 6.09 Å². The lowest BCUT2D eigenvalue weighted by atomic mass is 9.94. The van der Waals surface area contributed by atoms with Gasteiger partial charge in [0, 0.05) is 55.5 Å². The zero-order chi connectivity index (χ0) is 30.8. The molecule has 228 valence electrons. The van der Waals surface area contributed by atoms with Crippen LogP contribution in [0.3, 0.4) is 0 Å². The smallest absolute Gasteiger partial charge is 0.410 e. The van der Waals surface area contributed by atoms with Crippen molar-refractivity contribution < 1.29 is 14.3 Å². The fraction of sp³-hybridized carbons (Fsp3) is 0.353. The average Bonchev–Trinajstić information content (AvgIpc) is 3.44. The summed E-state index contributed by atoms with van der Waals surface area (Å²) < 4.78 is 7.69. The Morgan fingerprint density at radius 2 is 1.86 bits per heavy atom. The maximum Gasteiger partial charge on any atom is 0.410 e. The normalized spacial score (nSPS) is 18.6. The van der Waals surface area contributed by atoms with Gasteiger partial charge in [-0.1, -0.05) is 35.9 Å². The standard InChI is InChI=1S/C34H37ClN6O3/c1-34(2,3)44-33(43)40-16-17-41(31-28-12-11-26(35)19-25(28)10-9-24-7-5-13-37-30(24)31)29(21-40)32(42)38-27-8-4-6-23(18-27)20-39-15-14-36-22-39/h4-8,11-15,18-19,22,29,31H,9-10,16-17,20-21H2,1-3H3,(H,38,42)/t29-,31?/m1/s1. The van der Waals surface area contributed by atoms with Crippen molar-refractivity contribution in [2.75, 3.05) is 25.0 Å². The fourth-order valence-electron chi connectivity index (χ4n) is 6.11. The minimum absolute atomic E-state index is 0.178. The van der Waals surface area contributed by atoms with Crippen LogP contribution in [0.5, 0.6) is 0 Å². The number of fused-ring (bicyclic) bond motifs is 2. The molecule has 10 heteroatoms. The molecule has 9 nitrogen and oxygen atoms in total. The lowest BCUT2D eigenvalue weighted by Gasteiger charge is -2.44. The number of halogens is 1. The second-order valence-corrected chi connectivity index (χ2v) is 12.8. The summed E-state index contributed by atoms with van der Waals surface area (Å²) in [5.41, 5.74) is 5.37. The van der Waals surface area contributed by atoms with Crippen molar-refractivity contribution in [2.24, 2.45) is 0 Å². The molecule has 1 saturated heterocycles. The third-order valence-electron chi connectivity index (χ3n) is 8.08. The zero-order valence-electron chi connectivity index (χ0n) is 25.2. The minimum Gasteiger partial charge on any atom is -0.444 e. The Kier molecular flexibility index (Phi) is 8.42. The number of nitrogens with one attached hydrogen (secondary N) is 1. The highest BCUT2D eigenvalue weighted by atomic mass is 35.5. The quantitative estimate of drug-likeness (QED) is 0.310. The topological polar surface area (TPSA) is 92.6 Å². The summed E-state index contributed by atoms with van der Waals surface area (Å²) in [7, 11) is 0. The summed E-state index contributed by atoms with van der Waals surface area (Å²) in [6.45, 7) is 7.23. The van der Waals surface area contributed by atoms with Crippen LogP contribution in [0.25, 0.3) is 0 Å². The first-order chi connectivity index (χ1) is 21.1. The van der Waals surface area contributed by atoms with E-state index in [1.807, 2.05) is 80.2 Å². The first-order valence-electron chi connectivity index (χ1n) is 15.0. The minimum atomic E-state index is -0.671. The number of imidazole rings is 1. The number of aryl methyl sites for hydroxylation is 2. The molecule has 0 radical (unpaired) electrons. The molecule has 2 atom stereocenters. The Morgan fingerprint density at radius 3 is 2.66 bits per heavy atom. The Balaban J connectivity index is 1.35. The number of piperazine rings is 1. The van der Waals surface area contributed by atoms with E-state index in [4.69, 9.17) is 21.3 Å². The number of hydrogen-bond donors (Lipinski definition) is 1. The summed E-state index contributed by atoms with van der Waals surface area (Å²) in [5, 5.41) is 3.84. The van der Waals surface area contributed by atoms with E-state index in [0.29, 0.717) is 30.3 Å². The zero-order valence-corrected chi connectivity index (χ0v) is 26.0. The summed E-state index contributed by atoms with van der Waals surface area (Å²) in [6.07, 6.45) is 8.44. The summed E-state index contributed by atoms with van der Waals surface area (Å²) in [4.78, 5) is 40.3. The Bertz CT molecular complexity index is 1650. The van der Waals surface area contributed by atoms with Gasteiger partial charge in [0.25, 0.3) is 0 Å². The lowest BCUT2D eigenvalue weighted by Crippen LogP contribution is -2.60. The van der Waals surface area contributed by atoms with Gasteiger partial charge < -0.3 is 19.5 Å². The number of carbonyl (C=O) groups is 2. The van der Waals surface area contributed by atoms with Crippen LogP contribution in [0.1, 0.15) is 54.8 Å². The summed E-state index contributed by atoms with van der Waals surface area (Å²) in [5.74, 6) is -0.199. The Labute approximate surface area is 262 Å². The van der Waals surface area contributed by atoms with E-state index in [2.05, 4.69) is 27.3 Å². The van der Waals surface area contributed by atoms with Gasteiger partial charge in [-0.2, -0.15) is 0 Å². The van der Waals surface area contributed by atoms with Gasteiger partial charge in [-0.15, -0.1) is 0 Å². The van der Waals surface area contributed by atoms with Crippen LogP contribution in [0.4, 0.5) is 10.5 Å². The molecule has 1 unspecified atom stereocenters. The van der Waals surface area contributed by atoms with E-state index in [1.165, 1.54) is 0 Å². The first-order valence-corrected chi connectivity index (χ1v) is 15.3. The molecule has 2 aromatic heterocycles. The maximum atomic E-state index is 14.3. The molecule has 0 spiro atoms. The highest BCUT2D eigenvalue weighted by Crippen LogP contribution is 2.39. The van der Waals surface area contributed by atoms with Crippen molar-refractivity contribution in [3.8, 4) is 0 Å². The summed E-state index contributed by atoms with van der Waals surface area (Å²) in [6, 6.07) is 16.9. The molecule has 2 aromatic carbocycles. The molecule has 3 heterocycles. The third kappa shape index (κ3) is 6.64. The molecule has 6 rings (SSSR count). The monoisotopic (exact) mass is 612 g/mol. The fourth-order valence-corrected chi connectivity index (χ4v) is 6.31. The van der Waals surface area contributed by atoms with E-state index in [1.54, 1.807) is 17.4 Å². The van der Waals surface area contributed by atoms with Crippen molar-refractivity contribution in [1.29, 1.82) is 0 Å². The number of aromatic nitrogens is 3. The van der Waals surface area contributed by atoms with Crippen LogP contribution in [0, 0.1) is 0 Å². The number of ether oxygens (including phenoxy) is 1. The van der Waals surface area contributed by atoms with Crippen LogP contribution in [0.2, 0.25) is 5.02 Å². The number of amides is 2. The van der Waals surface area contributed by atoms with Crippen LogP contribution >= 0.6 is 11.6 Å². The van der Waals surface area contributed by atoms with E-state index >= 15 is 0 Å². The molecular formula is C34H37ClN6O3. The number of rotatable bonds is 5. The summed E-state index contributed by atoms with van der Waals surface area (Å²) >= 11 is 6.45. The number of carbonyl (C=O) groups excluding carboxylic acids is 2. The van der Waals surface area contributed by atoms with Crippen molar-refractivity contribution in [1.82, 2.24) is 24.3 Å². The largest absolute Gasteiger partial charge is 0.444 e. The number of benzene rings is 2. The average molecular weight is 613 g/mol. The van der Waals surface area contributed by atoms with E-state index in [9.17, 15) is 9.59 Å². The van der Waals surface area contributed by atoms with E-state index in [0.717, 1.165) is 40.8 Å². The maximum absolute atomic E-state index is 14.3. The first kappa shape index (κ1) is 29.8. The molecule has 2 amide bonds. The molecule has 4 aromatic rings. The molecule has 1 aliphatic carbocycles. The number of anilines is 1. The number of nitrogens with zero attached hydrogens (tertiary/aromatic N) is 5. The third-order valence-corrected chi connectivity index (χ3v) is 8.31. The van der Waals surface area contributed by atoms with Crippen molar-refractivity contribution in [2.45, 2.75) is 57.8 Å². The number of pyridine rings is 1. The molecule has 2 aliphatic rings. The molecule has 44 heavy (non-hydrogen) atoms. The van der Waals surface area contributed by atoms with Gasteiger partial charge in [0.1, 0.15) is 11.6 Å². The number of hydrogen-bond acceptors (Lipinski definition) is 6. The van der Waals surface area contributed by atoms with Crippen LogP contribution in [-0.4, -0.2) is 67.6 Å². The highest BCUT2D eigenvalue weighted by molar-refractivity contribution is 6.30. The molecule has 0 bridgehead atoms. The Morgan fingerprint density at radius 1 is 1.02 bits per heavy atom. The Hall–Kier alpha value is -4.21.